The fraction of sp³-hybridized carbons (Fsp3) is 0.429. The Morgan fingerprint density at radius 1 is 1.38 bits per heavy atom. The first-order chi connectivity index (χ1) is 6.09. The highest BCUT2D eigenvalue weighted by Gasteiger charge is 2.10. The second-order valence-corrected chi connectivity index (χ2v) is 2.47. The summed E-state index contributed by atoms with van der Waals surface area (Å²) in [5.41, 5.74) is 0. The summed E-state index contributed by atoms with van der Waals surface area (Å²) in [4.78, 5) is 8.23. The van der Waals surface area contributed by atoms with E-state index in [0.29, 0.717) is 0 Å². The second-order valence-electron chi connectivity index (χ2n) is 2.47. The number of nitrogens with zero attached hydrogens (tertiary/aromatic N) is 3. The van der Waals surface area contributed by atoms with Crippen molar-refractivity contribution >= 4 is 5.95 Å². The number of hydrogen-bond donors (Lipinski definition) is 0. The van der Waals surface area contributed by atoms with Gasteiger partial charge in [-0.15, -0.1) is 0 Å². The van der Waals surface area contributed by atoms with Crippen molar-refractivity contribution in [2.75, 3.05) is 18.5 Å². The SMILES string of the molecule is CN(CC(F)F)c1ncc(F)cn1. The Morgan fingerprint density at radius 3 is 2.38 bits per heavy atom. The van der Waals surface area contributed by atoms with E-state index in [-0.39, 0.29) is 5.95 Å². The monoisotopic (exact) mass is 191 g/mol. The highest BCUT2D eigenvalue weighted by atomic mass is 19.3. The van der Waals surface area contributed by atoms with Gasteiger partial charge in [-0.1, -0.05) is 0 Å². The van der Waals surface area contributed by atoms with Crippen molar-refractivity contribution in [1.82, 2.24) is 9.97 Å². The minimum atomic E-state index is -2.46. The summed E-state index contributed by atoms with van der Waals surface area (Å²) in [5.74, 6) is -0.504. The normalized spacial score (nSPS) is 10.5. The van der Waals surface area contributed by atoms with E-state index < -0.39 is 18.8 Å². The second kappa shape index (κ2) is 4.06. The van der Waals surface area contributed by atoms with Gasteiger partial charge in [0.2, 0.25) is 5.95 Å². The third-order valence-electron chi connectivity index (χ3n) is 1.36. The summed E-state index contributed by atoms with van der Waals surface area (Å²) in [6, 6.07) is 0. The summed E-state index contributed by atoms with van der Waals surface area (Å²) in [5, 5.41) is 0. The van der Waals surface area contributed by atoms with Gasteiger partial charge in [0.1, 0.15) is 0 Å². The molecule has 0 aliphatic rings. The van der Waals surface area contributed by atoms with Gasteiger partial charge in [-0.2, -0.15) is 0 Å². The quantitative estimate of drug-likeness (QED) is 0.721. The van der Waals surface area contributed by atoms with E-state index >= 15 is 0 Å². The zero-order valence-electron chi connectivity index (χ0n) is 6.91. The summed E-state index contributed by atoms with van der Waals surface area (Å²) >= 11 is 0. The van der Waals surface area contributed by atoms with Crippen LogP contribution in [-0.2, 0) is 0 Å². The number of halogens is 3. The average molecular weight is 191 g/mol. The van der Waals surface area contributed by atoms with E-state index in [1.165, 1.54) is 7.05 Å². The maximum absolute atomic E-state index is 12.3. The van der Waals surface area contributed by atoms with E-state index in [1.54, 1.807) is 0 Å². The zero-order valence-corrected chi connectivity index (χ0v) is 6.91. The van der Waals surface area contributed by atoms with Crippen molar-refractivity contribution in [2.45, 2.75) is 6.43 Å². The molecule has 1 aromatic rings. The Hall–Kier alpha value is -1.33. The van der Waals surface area contributed by atoms with Crippen molar-refractivity contribution in [3.05, 3.63) is 18.2 Å². The van der Waals surface area contributed by atoms with Gasteiger partial charge in [-0.05, 0) is 0 Å². The average Bonchev–Trinajstić information content (AvgIpc) is 2.04. The van der Waals surface area contributed by atoms with Crippen LogP contribution >= 0.6 is 0 Å². The number of hydrogen-bond acceptors (Lipinski definition) is 3. The molecule has 0 aromatic carbocycles. The fourth-order valence-corrected chi connectivity index (χ4v) is 0.791. The topological polar surface area (TPSA) is 29.0 Å². The van der Waals surface area contributed by atoms with Crippen LogP contribution in [0, 0.1) is 5.82 Å². The van der Waals surface area contributed by atoms with Crippen molar-refractivity contribution in [3.8, 4) is 0 Å². The smallest absolute Gasteiger partial charge is 0.255 e. The number of rotatable bonds is 3. The van der Waals surface area contributed by atoms with Crippen LogP contribution in [0.3, 0.4) is 0 Å². The molecule has 3 nitrogen and oxygen atoms in total. The molecular formula is C7H8F3N3. The predicted molar refractivity (Wildman–Crippen MR) is 41.3 cm³/mol. The van der Waals surface area contributed by atoms with Crippen molar-refractivity contribution < 1.29 is 13.2 Å². The molecule has 0 spiro atoms. The molecule has 0 unspecified atom stereocenters. The van der Waals surface area contributed by atoms with E-state index in [4.69, 9.17) is 0 Å². The number of alkyl halides is 2. The van der Waals surface area contributed by atoms with Crippen LogP contribution < -0.4 is 4.90 Å². The highest BCUT2D eigenvalue weighted by Crippen LogP contribution is 2.06. The van der Waals surface area contributed by atoms with Crippen molar-refractivity contribution in [3.63, 3.8) is 0 Å². The molecule has 13 heavy (non-hydrogen) atoms. The molecule has 6 heteroatoms. The van der Waals surface area contributed by atoms with Gasteiger partial charge in [-0.25, -0.2) is 23.1 Å². The van der Waals surface area contributed by atoms with Crippen LogP contribution in [0.4, 0.5) is 19.1 Å². The summed E-state index contributed by atoms with van der Waals surface area (Å²) in [6.45, 7) is -0.467. The number of aromatic nitrogens is 2. The standard InChI is InChI=1S/C7H8F3N3/c1-13(4-6(9)10)7-11-2-5(8)3-12-7/h2-3,6H,4H2,1H3. The maximum Gasteiger partial charge on any atom is 0.255 e. The molecule has 1 heterocycles. The highest BCUT2D eigenvalue weighted by molar-refractivity contribution is 5.26. The molecule has 0 saturated carbocycles. The molecule has 0 aliphatic heterocycles. The first-order valence-corrected chi connectivity index (χ1v) is 3.56. The molecule has 0 aliphatic carbocycles. The predicted octanol–water partition coefficient (Wildman–Crippen LogP) is 1.32. The van der Waals surface area contributed by atoms with Gasteiger partial charge in [0.15, 0.2) is 5.82 Å². The van der Waals surface area contributed by atoms with Gasteiger partial charge < -0.3 is 4.90 Å². The van der Waals surface area contributed by atoms with Crippen molar-refractivity contribution in [1.29, 1.82) is 0 Å². The molecule has 1 rings (SSSR count). The lowest BCUT2D eigenvalue weighted by molar-refractivity contribution is 0.156. The van der Waals surface area contributed by atoms with E-state index in [1.807, 2.05) is 0 Å². The lowest BCUT2D eigenvalue weighted by atomic mass is 10.5. The fourth-order valence-electron chi connectivity index (χ4n) is 0.791. The minimum Gasteiger partial charge on any atom is -0.338 e. The number of anilines is 1. The molecule has 0 N–H and O–H groups in total. The largest absolute Gasteiger partial charge is 0.338 e. The molecule has 0 amide bonds. The van der Waals surface area contributed by atoms with Crippen LogP contribution in [-0.4, -0.2) is 30.0 Å². The summed E-state index contributed by atoms with van der Waals surface area (Å²) in [6.07, 6.45) is -0.590. The van der Waals surface area contributed by atoms with Gasteiger partial charge in [-0.3, -0.25) is 0 Å². The van der Waals surface area contributed by atoms with Crippen LogP contribution in [0.15, 0.2) is 12.4 Å². The molecular weight excluding hydrogens is 183 g/mol. The lowest BCUT2D eigenvalue weighted by Gasteiger charge is -2.15. The molecule has 0 bridgehead atoms. The van der Waals surface area contributed by atoms with Crippen LogP contribution in [0.25, 0.3) is 0 Å². The van der Waals surface area contributed by atoms with E-state index in [2.05, 4.69) is 9.97 Å². The third-order valence-corrected chi connectivity index (χ3v) is 1.36. The minimum absolute atomic E-state index is 0.0849. The van der Waals surface area contributed by atoms with Crippen LogP contribution in [0.5, 0.6) is 0 Å². The summed E-state index contributed by atoms with van der Waals surface area (Å²) in [7, 11) is 1.42. The third kappa shape index (κ3) is 2.89. The van der Waals surface area contributed by atoms with Crippen LogP contribution in [0.2, 0.25) is 0 Å². The Morgan fingerprint density at radius 2 is 1.92 bits per heavy atom. The van der Waals surface area contributed by atoms with E-state index in [0.717, 1.165) is 17.3 Å². The Kier molecular flexibility index (Phi) is 3.05. The first-order valence-electron chi connectivity index (χ1n) is 3.56. The Labute approximate surface area is 73.2 Å². The van der Waals surface area contributed by atoms with Crippen molar-refractivity contribution in [2.24, 2.45) is 0 Å². The molecule has 1 aromatic heterocycles. The zero-order chi connectivity index (χ0) is 9.84. The molecule has 0 saturated heterocycles. The molecule has 0 radical (unpaired) electrons. The molecule has 0 fully saturated rings. The molecule has 72 valence electrons. The summed E-state index contributed by atoms with van der Waals surface area (Å²) < 4.78 is 36.1. The Bertz CT molecular complexity index is 262. The van der Waals surface area contributed by atoms with Gasteiger partial charge in [0.25, 0.3) is 6.43 Å². The lowest BCUT2D eigenvalue weighted by Crippen LogP contribution is -2.25. The maximum atomic E-state index is 12.3. The van der Waals surface area contributed by atoms with Crippen LogP contribution in [0.1, 0.15) is 0 Å². The van der Waals surface area contributed by atoms with Gasteiger partial charge in [0.05, 0.1) is 18.9 Å². The van der Waals surface area contributed by atoms with Gasteiger partial charge >= 0.3 is 0 Å². The Balaban J connectivity index is 2.66. The first kappa shape index (κ1) is 9.76. The molecule has 0 atom stereocenters. The van der Waals surface area contributed by atoms with E-state index in [9.17, 15) is 13.2 Å². The van der Waals surface area contributed by atoms with Gasteiger partial charge in [0, 0.05) is 7.05 Å².